The molecule has 0 unspecified atom stereocenters. The van der Waals surface area contributed by atoms with E-state index in [9.17, 15) is 12.8 Å². The zero-order valence-corrected chi connectivity index (χ0v) is 13.5. The van der Waals surface area contributed by atoms with Crippen LogP contribution in [0.1, 0.15) is 0 Å². The van der Waals surface area contributed by atoms with Crippen LogP contribution in [0.3, 0.4) is 0 Å². The molecule has 0 aliphatic heterocycles. The summed E-state index contributed by atoms with van der Waals surface area (Å²) in [5.41, 5.74) is 0.181. The standard InChI is InChI=1S/C10H6Br2FNO2S2/c11-7-2-1-6(5-8(7)13)14-18(15,16)10-4-3-9(12)17-10/h1-5,14H. The van der Waals surface area contributed by atoms with Crippen LogP contribution in [-0.4, -0.2) is 8.42 Å². The van der Waals surface area contributed by atoms with Gasteiger partial charge < -0.3 is 0 Å². The van der Waals surface area contributed by atoms with Crippen molar-refractivity contribution in [2.75, 3.05) is 4.72 Å². The Hall–Kier alpha value is -0.440. The second-order valence-corrected chi connectivity index (χ2v) is 8.52. The van der Waals surface area contributed by atoms with Gasteiger partial charge in [0.25, 0.3) is 10.0 Å². The Morgan fingerprint density at radius 1 is 1.17 bits per heavy atom. The number of halogens is 3. The van der Waals surface area contributed by atoms with Crippen molar-refractivity contribution in [3.63, 3.8) is 0 Å². The SMILES string of the molecule is O=S(=O)(Nc1ccc(Br)c(F)c1)c1ccc(Br)s1. The average Bonchev–Trinajstić information content (AvgIpc) is 2.71. The Bertz CT molecular complexity index is 685. The molecule has 0 saturated heterocycles. The first-order valence-electron chi connectivity index (χ1n) is 4.62. The summed E-state index contributed by atoms with van der Waals surface area (Å²) in [6, 6.07) is 7.16. The molecule has 0 radical (unpaired) electrons. The third-order valence-corrected chi connectivity index (χ3v) is 6.13. The van der Waals surface area contributed by atoms with E-state index in [1.807, 2.05) is 0 Å². The molecule has 0 atom stereocenters. The third-order valence-electron chi connectivity index (χ3n) is 1.99. The van der Waals surface area contributed by atoms with Gasteiger partial charge in [-0.15, -0.1) is 11.3 Å². The number of hydrogen-bond donors (Lipinski definition) is 1. The Kier molecular flexibility index (Phi) is 4.10. The summed E-state index contributed by atoms with van der Waals surface area (Å²) >= 11 is 7.28. The molecule has 1 aromatic carbocycles. The fourth-order valence-corrected chi connectivity index (χ4v) is 4.51. The molecule has 0 aliphatic carbocycles. The molecule has 2 rings (SSSR count). The van der Waals surface area contributed by atoms with Crippen molar-refractivity contribution in [2.24, 2.45) is 0 Å². The van der Waals surface area contributed by atoms with Crippen LogP contribution in [0, 0.1) is 5.82 Å². The highest BCUT2D eigenvalue weighted by Gasteiger charge is 2.17. The van der Waals surface area contributed by atoms with E-state index in [0.717, 1.165) is 17.4 Å². The number of nitrogens with one attached hydrogen (secondary N) is 1. The van der Waals surface area contributed by atoms with Crippen LogP contribution in [0.2, 0.25) is 0 Å². The van der Waals surface area contributed by atoms with Crippen molar-refractivity contribution >= 4 is 58.9 Å². The van der Waals surface area contributed by atoms with E-state index >= 15 is 0 Å². The van der Waals surface area contributed by atoms with Crippen molar-refractivity contribution in [1.82, 2.24) is 0 Å². The highest BCUT2D eigenvalue weighted by atomic mass is 79.9. The van der Waals surface area contributed by atoms with Gasteiger partial charge in [-0.2, -0.15) is 0 Å². The Morgan fingerprint density at radius 2 is 1.89 bits per heavy atom. The Balaban J connectivity index is 2.30. The first-order chi connectivity index (χ1) is 8.38. The third kappa shape index (κ3) is 3.11. The summed E-state index contributed by atoms with van der Waals surface area (Å²) in [5, 5.41) is 0. The van der Waals surface area contributed by atoms with Crippen LogP contribution in [-0.2, 0) is 10.0 Å². The van der Waals surface area contributed by atoms with Gasteiger partial charge in [0.05, 0.1) is 13.9 Å². The average molecular weight is 415 g/mol. The number of sulfonamides is 1. The minimum atomic E-state index is -3.67. The summed E-state index contributed by atoms with van der Waals surface area (Å²) in [5.74, 6) is -0.525. The highest BCUT2D eigenvalue weighted by molar-refractivity contribution is 9.11. The highest BCUT2D eigenvalue weighted by Crippen LogP contribution is 2.28. The minimum absolute atomic E-state index is 0.165. The molecule has 0 aliphatic rings. The Labute approximate surface area is 124 Å². The van der Waals surface area contributed by atoms with E-state index in [0.29, 0.717) is 3.79 Å². The molecule has 0 amide bonds. The normalized spacial score (nSPS) is 11.5. The van der Waals surface area contributed by atoms with Gasteiger partial charge in [-0.05, 0) is 62.2 Å². The summed E-state index contributed by atoms with van der Waals surface area (Å²) < 4.78 is 40.7. The smallest absolute Gasteiger partial charge is 0.271 e. The molecule has 1 aromatic heterocycles. The lowest BCUT2D eigenvalue weighted by molar-refractivity contribution is 0.603. The molecular formula is C10H6Br2FNO2S2. The van der Waals surface area contributed by atoms with Gasteiger partial charge in [0.1, 0.15) is 10.0 Å². The van der Waals surface area contributed by atoms with Crippen LogP contribution in [0.15, 0.2) is 42.8 Å². The van der Waals surface area contributed by atoms with Crippen LogP contribution >= 0.6 is 43.2 Å². The zero-order valence-electron chi connectivity index (χ0n) is 8.65. The molecular weight excluding hydrogens is 409 g/mol. The van der Waals surface area contributed by atoms with Gasteiger partial charge in [0.2, 0.25) is 0 Å². The fourth-order valence-electron chi connectivity index (χ4n) is 1.21. The maximum absolute atomic E-state index is 13.3. The summed E-state index contributed by atoms with van der Waals surface area (Å²) in [4.78, 5) is 0. The van der Waals surface area contributed by atoms with E-state index < -0.39 is 15.8 Å². The van der Waals surface area contributed by atoms with Crippen molar-refractivity contribution in [3.8, 4) is 0 Å². The second-order valence-electron chi connectivity index (χ2n) is 3.29. The Morgan fingerprint density at radius 3 is 2.44 bits per heavy atom. The molecule has 8 heteroatoms. The second kappa shape index (κ2) is 5.28. The first kappa shape index (κ1) is 14.0. The maximum atomic E-state index is 13.3. The van der Waals surface area contributed by atoms with Crippen molar-refractivity contribution in [3.05, 3.63) is 44.4 Å². The van der Waals surface area contributed by atoms with Crippen LogP contribution in [0.5, 0.6) is 0 Å². The summed E-state index contributed by atoms with van der Waals surface area (Å²) in [6.45, 7) is 0. The number of benzene rings is 1. The number of thiophene rings is 1. The molecule has 3 nitrogen and oxygen atoms in total. The van der Waals surface area contributed by atoms with Gasteiger partial charge in [-0.25, -0.2) is 12.8 Å². The molecule has 2 aromatic rings. The minimum Gasteiger partial charge on any atom is -0.279 e. The predicted molar refractivity (Wildman–Crippen MR) is 76.9 cm³/mol. The molecule has 18 heavy (non-hydrogen) atoms. The molecule has 0 saturated carbocycles. The van der Waals surface area contributed by atoms with Gasteiger partial charge in [-0.3, -0.25) is 4.72 Å². The number of rotatable bonds is 3. The van der Waals surface area contributed by atoms with E-state index in [2.05, 4.69) is 36.6 Å². The maximum Gasteiger partial charge on any atom is 0.271 e. The summed E-state index contributed by atoms with van der Waals surface area (Å²) in [6.07, 6.45) is 0. The lowest BCUT2D eigenvalue weighted by Gasteiger charge is -2.06. The van der Waals surface area contributed by atoms with Gasteiger partial charge in [-0.1, -0.05) is 0 Å². The molecule has 1 heterocycles. The van der Waals surface area contributed by atoms with Gasteiger partial charge in [0.15, 0.2) is 0 Å². The lowest BCUT2D eigenvalue weighted by Crippen LogP contribution is -2.11. The van der Waals surface area contributed by atoms with E-state index in [1.165, 1.54) is 18.2 Å². The van der Waals surface area contributed by atoms with Crippen LogP contribution in [0.25, 0.3) is 0 Å². The van der Waals surface area contributed by atoms with Crippen LogP contribution in [0.4, 0.5) is 10.1 Å². The van der Waals surface area contributed by atoms with Crippen molar-refractivity contribution in [2.45, 2.75) is 4.21 Å². The lowest BCUT2D eigenvalue weighted by atomic mass is 10.3. The molecule has 1 N–H and O–H groups in total. The summed E-state index contributed by atoms with van der Waals surface area (Å²) in [7, 11) is -3.67. The first-order valence-corrected chi connectivity index (χ1v) is 8.50. The topological polar surface area (TPSA) is 46.2 Å². The van der Waals surface area contributed by atoms with Gasteiger partial charge >= 0.3 is 0 Å². The van der Waals surface area contributed by atoms with E-state index in [-0.39, 0.29) is 14.4 Å². The molecule has 0 fully saturated rings. The van der Waals surface area contributed by atoms with Crippen molar-refractivity contribution < 1.29 is 12.8 Å². The number of hydrogen-bond acceptors (Lipinski definition) is 3. The zero-order chi connectivity index (χ0) is 13.3. The molecule has 0 spiro atoms. The van der Waals surface area contributed by atoms with Crippen LogP contribution < -0.4 is 4.72 Å². The largest absolute Gasteiger partial charge is 0.279 e. The monoisotopic (exact) mass is 413 g/mol. The quantitative estimate of drug-likeness (QED) is 0.817. The van der Waals surface area contributed by atoms with Gasteiger partial charge in [0, 0.05) is 0 Å². The molecule has 96 valence electrons. The predicted octanol–water partition coefficient (Wildman–Crippen LogP) is 4.21. The van der Waals surface area contributed by atoms with E-state index in [1.54, 1.807) is 6.07 Å². The molecule has 0 bridgehead atoms. The van der Waals surface area contributed by atoms with Crippen molar-refractivity contribution in [1.29, 1.82) is 0 Å². The fraction of sp³-hybridized carbons (Fsp3) is 0. The van der Waals surface area contributed by atoms with E-state index in [4.69, 9.17) is 0 Å². The number of anilines is 1.